The quantitative estimate of drug-likeness (QED) is 0.442. The summed E-state index contributed by atoms with van der Waals surface area (Å²) in [6, 6.07) is 17.8. The van der Waals surface area contributed by atoms with Gasteiger partial charge in [-0.25, -0.2) is 5.10 Å². The first-order valence-electron chi connectivity index (χ1n) is 7.98. The highest BCUT2D eigenvalue weighted by Gasteiger charge is 2.14. The van der Waals surface area contributed by atoms with Crippen molar-refractivity contribution in [1.82, 2.24) is 10.2 Å². The smallest absolute Gasteiger partial charge is 0.317 e. The van der Waals surface area contributed by atoms with Gasteiger partial charge in [0, 0.05) is 21.2 Å². The number of carbonyl (C=O) groups excluding carboxylic acids is 1. The first kappa shape index (κ1) is 16.3. The standard InChI is InChI=1S/C20H13ClN2O3/c21-16-9-10-18(14-7-3-1-5-12(14)16)26-19(24)11-17-13-6-2-4-8-15(13)20(25)23-22-17/h1-10H,11H2,(H,23,25). The molecular weight excluding hydrogens is 352 g/mol. The molecule has 1 N–H and O–H groups in total. The molecule has 5 nitrogen and oxygen atoms in total. The Hall–Kier alpha value is -3.18. The summed E-state index contributed by atoms with van der Waals surface area (Å²) in [7, 11) is 0. The molecular formula is C20H13ClN2O3. The summed E-state index contributed by atoms with van der Waals surface area (Å²) in [5, 5.41) is 9.71. The number of ether oxygens (including phenoxy) is 1. The summed E-state index contributed by atoms with van der Waals surface area (Å²) in [4.78, 5) is 24.3. The molecule has 3 aromatic carbocycles. The van der Waals surface area contributed by atoms with E-state index in [1.807, 2.05) is 24.3 Å². The zero-order chi connectivity index (χ0) is 18.1. The third kappa shape index (κ3) is 2.93. The van der Waals surface area contributed by atoms with E-state index in [2.05, 4.69) is 10.2 Å². The maximum Gasteiger partial charge on any atom is 0.317 e. The van der Waals surface area contributed by atoms with Gasteiger partial charge in [0.1, 0.15) is 5.75 Å². The fourth-order valence-electron chi connectivity index (χ4n) is 2.93. The van der Waals surface area contributed by atoms with E-state index >= 15 is 0 Å². The average molecular weight is 365 g/mol. The van der Waals surface area contributed by atoms with Crippen LogP contribution in [0.3, 0.4) is 0 Å². The highest BCUT2D eigenvalue weighted by Crippen LogP contribution is 2.31. The first-order chi connectivity index (χ1) is 12.6. The summed E-state index contributed by atoms with van der Waals surface area (Å²) >= 11 is 6.19. The number of rotatable bonds is 3. The second kappa shape index (κ2) is 6.61. The third-order valence-electron chi connectivity index (χ3n) is 4.14. The molecule has 0 atom stereocenters. The van der Waals surface area contributed by atoms with Gasteiger partial charge in [0.2, 0.25) is 0 Å². The van der Waals surface area contributed by atoms with Crippen LogP contribution < -0.4 is 10.3 Å². The summed E-state index contributed by atoms with van der Waals surface area (Å²) in [6.45, 7) is 0. The normalized spacial score (nSPS) is 11.0. The second-order valence-electron chi connectivity index (χ2n) is 5.79. The van der Waals surface area contributed by atoms with Gasteiger partial charge in [-0.2, -0.15) is 5.10 Å². The molecule has 4 aromatic rings. The number of nitrogens with zero attached hydrogens (tertiary/aromatic N) is 1. The van der Waals surface area contributed by atoms with Gasteiger partial charge in [-0.15, -0.1) is 0 Å². The van der Waals surface area contributed by atoms with Crippen molar-refractivity contribution in [3.8, 4) is 5.75 Å². The highest BCUT2D eigenvalue weighted by atomic mass is 35.5. The summed E-state index contributed by atoms with van der Waals surface area (Å²) in [5.41, 5.74) is 0.171. The van der Waals surface area contributed by atoms with Crippen LogP contribution in [0, 0.1) is 0 Å². The summed E-state index contributed by atoms with van der Waals surface area (Å²) in [5.74, 6) is -0.0362. The van der Waals surface area contributed by atoms with Gasteiger partial charge < -0.3 is 4.74 Å². The largest absolute Gasteiger partial charge is 0.426 e. The Morgan fingerprint density at radius 3 is 2.35 bits per heavy atom. The van der Waals surface area contributed by atoms with Crippen molar-refractivity contribution in [1.29, 1.82) is 0 Å². The SMILES string of the molecule is O=C(Cc1n[nH]c(=O)c2ccccc12)Oc1ccc(Cl)c2ccccc12. The number of aromatic amines is 1. The molecule has 0 radical (unpaired) electrons. The van der Waals surface area contributed by atoms with E-state index in [1.54, 1.807) is 36.4 Å². The third-order valence-corrected chi connectivity index (χ3v) is 4.47. The molecule has 0 spiro atoms. The maximum absolute atomic E-state index is 12.5. The van der Waals surface area contributed by atoms with Crippen molar-refractivity contribution >= 4 is 39.1 Å². The summed E-state index contributed by atoms with van der Waals surface area (Å²) < 4.78 is 5.54. The van der Waals surface area contributed by atoms with Crippen molar-refractivity contribution in [2.45, 2.75) is 6.42 Å². The van der Waals surface area contributed by atoms with Crippen molar-refractivity contribution in [3.63, 3.8) is 0 Å². The van der Waals surface area contributed by atoms with Crippen LogP contribution in [-0.2, 0) is 11.2 Å². The summed E-state index contributed by atoms with van der Waals surface area (Å²) in [6.07, 6.45) is -0.0613. The van der Waals surface area contributed by atoms with Gasteiger partial charge in [0.25, 0.3) is 5.56 Å². The molecule has 6 heteroatoms. The van der Waals surface area contributed by atoms with Gasteiger partial charge in [0.05, 0.1) is 17.5 Å². The Kier molecular flexibility index (Phi) is 4.14. The molecule has 0 aliphatic heterocycles. The number of halogens is 1. The minimum absolute atomic E-state index is 0.0613. The van der Waals surface area contributed by atoms with Crippen molar-refractivity contribution in [2.75, 3.05) is 0 Å². The lowest BCUT2D eigenvalue weighted by Crippen LogP contribution is -2.16. The number of H-pyrrole nitrogens is 1. The number of hydrogen-bond donors (Lipinski definition) is 1. The highest BCUT2D eigenvalue weighted by molar-refractivity contribution is 6.35. The lowest BCUT2D eigenvalue weighted by Gasteiger charge is -2.09. The van der Waals surface area contributed by atoms with Crippen LogP contribution in [0.25, 0.3) is 21.5 Å². The number of fused-ring (bicyclic) bond motifs is 2. The predicted octanol–water partition coefficient (Wildman–Crippen LogP) is 3.88. The molecule has 26 heavy (non-hydrogen) atoms. The Morgan fingerprint density at radius 2 is 1.58 bits per heavy atom. The number of benzene rings is 3. The van der Waals surface area contributed by atoms with Gasteiger partial charge in [0.15, 0.2) is 0 Å². The lowest BCUT2D eigenvalue weighted by atomic mass is 10.1. The minimum Gasteiger partial charge on any atom is -0.426 e. The first-order valence-corrected chi connectivity index (χ1v) is 8.35. The van der Waals surface area contributed by atoms with Crippen LogP contribution in [0.2, 0.25) is 5.02 Å². The fourth-order valence-corrected chi connectivity index (χ4v) is 3.15. The Bertz CT molecular complexity index is 1200. The molecule has 0 saturated heterocycles. The lowest BCUT2D eigenvalue weighted by molar-refractivity contribution is -0.133. The fraction of sp³-hybridized carbons (Fsp3) is 0.0500. The predicted molar refractivity (Wildman–Crippen MR) is 101 cm³/mol. The minimum atomic E-state index is -0.470. The number of hydrogen-bond acceptors (Lipinski definition) is 4. The van der Waals surface area contributed by atoms with E-state index in [4.69, 9.17) is 16.3 Å². The topological polar surface area (TPSA) is 72.0 Å². The van der Waals surface area contributed by atoms with Crippen LogP contribution in [-0.4, -0.2) is 16.2 Å². The number of aromatic nitrogens is 2. The molecule has 128 valence electrons. The molecule has 0 amide bonds. The molecule has 0 saturated carbocycles. The molecule has 0 fully saturated rings. The van der Waals surface area contributed by atoms with Crippen LogP contribution in [0.4, 0.5) is 0 Å². The molecule has 0 unspecified atom stereocenters. The average Bonchev–Trinajstić information content (AvgIpc) is 2.67. The zero-order valence-corrected chi connectivity index (χ0v) is 14.3. The molecule has 1 aromatic heterocycles. The van der Waals surface area contributed by atoms with E-state index < -0.39 is 5.97 Å². The molecule has 4 rings (SSSR count). The van der Waals surface area contributed by atoms with Gasteiger partial charge in [-0.3, -0.25) is 9.59 Å². The Morgan fingerprint density at radius 1 is 0.923 bits per heavy atom. The molecule has 1 heterocycles. The van der Waals surface area contributed by atoms with Gasteiger partial charge >= 0.3 is 5.97 Å². The van der Waals surface area contributed by atoms with Crippen LogP contribution in [0.5, 0.6) is 5.75 Å². The van der Waals surface area contributed by atoms with Crippen molar-refractivity contribution < 1.29 is 9.53 Å². The van der Waals surface area contributed by atoms with E-state index in [-0.39, 0.29) is 12.0 Å². The zero-order valence-electron chi connectivity index (χ0n) is 13.5. The van der Waals surface area contributed by atoms with E-state index in [0.717, 1.165) is 10.8 Å². The molecule has 0 aliphatic rings. The number of nitrogens with one attached hydrogen (secondary N) is 1. The van der Waals surface area contributed by atoms with Gasteiger partial charge in [-0.05, 0) is 18.2 Å². The molecule has 0 bridgehead atoms. The van der Waals surface area contributed by atoms with Crippen LogP contribution >= 0.6 is 11.6 Å². The van der Waals surface area contributed by atoms with E-state index in [1.165, 1.54) is 0 Å². The second-order valence-corrected chi connectivity index (χ2v) is 6.19. The van der Waals surface area contributed by atoms with Crippen molar-refractivity contribution in [3.05, 3.63) is 81.7 Å². The van der Waals surface area contributed by atoms with Crippen molar-refractivity contribution in [2.24, 2.45) is 0 Å². The number of esters is 1. The monoisotopic (exact) mass is 364 g/mol. The Balaban J connectivity index is 1.66. The van der Waals surface area contributed by atoms with Crippen LogP contribution in [0.15, 0.2) is 65.5 Å². The molecule has 0 aliphatic carbocycles. The Labute approximate surface area is 153 Å². The van der Waals surface area contributed by atoms with E-state index in [9.17, 15) is 9.59 Å². The maximum atomic E-state index is 12.5. The van der Waals surface area contributed by atoms with Crippen LogP contribution in [0.1, 0.15) is 5.69 Å². The van der Waals surface area contributed by atoms with Gasteiger partial charge in [-0.1, -0.05) is 54.1 Å². The van der Waals surface area contributed by atoms with E-state index in [0.29, 0.717) is 27.2 Å². The number of carbonyl (C=O) groups is 1.